The molecule has 0 unspecified atom stereocenters. The minimum atomic E-state index is -3.47. The number of benzene rings is 1. The highest BCUT2D eigenvalue weighted by atomic mass is 32.2. The van der Waals surface area contributed by atoms with Crippen LogP contribution in [0.2, 0.25) is 0 Å². The Labute approximate surface area is 118 Å². The summed E-state index contributed by atoms with van der Waals surface area (Å²) in [5.74, 6) is 0.270. The second kappa shape index (κ2) is 5.24. The van der Waals surface area contributed by atoms with Crippen molar-refractivity contribution >= 4 is 15.5 Å². The second-order valence-corrected chi connectivity index (χ2v) is 6.96. The first-order valence-corrected chi connectivity index (χ1v) is 7.94. The Morgan fingerprint density at radius 1 is 1.35 bits per heavy atom. The Morgan fingerprint density at radius 3 is 2.65 bits per heavy atom. The van der Waals surface area contributed by atoms with Crippen LogP contribution in [0.15, 0.2) is 29.4 Å². The first kappa shape index (κ1) is 14.5. The van der Waals surface area contributed by atoms with Gasteiger partial charge in [-0.05, 0) is 44.5 Å². The van der Waals surface area contributed by atoms with Gasteiger partial charge in [0.25, 0.3) is 0 Å². The van der Waals surface area contributed by atoms with Crippen molar-refractivity contribution < 1.29 is 8.42 Å². The van der Waals surface area contributed by atoms with Gasteiger partial charge >= 0.3 is 0 Å². The molecule has 0 radical (unpaired) electrons. The quantitative estimate of drug-likeness (QED) is 0.867. The van der Waals surface area contributed by atoms with E-state index in [2.05, 4.69) is 10.1 Å². The number of nitrogens with two attached hydrogens (primary N) is 1. The van der Waals surface area contributed by atoms with E-state index in [1.54, 1.807) is 23.7 Å². The van der Waals surface area contributed by atoms with E-state index in [1.807, 2.05) is 13.8 Å². The first-order valence-electron chi connectivity index (χ1n) is 6.28. The van der Waals surface area contributed by atoms with Crippen molar-refractivity contribution in [1.82, 2.24) is 14.8 Å². The Balaban J connectivity index is 2.38. The summed E-state index contributed by atoms with van der Waals surface area (Å²) < 4.78 is 26.6. The summed E-state index contributed by atoms with van der Waals surface area (Å²) in [6, 6.07) is 4.85. The number of aryl methyl sites for hydroxylation is 1. The molecule has 1 aromatic heterocycles. The van der Waals surface area contributed by atoms with Crippen molar-refractivity contribution in [2.24, 2.45) is 0 Å². The molecule has 2 aromatic rings. The zero-order valence-corrected chi connectivity index (χ0v) is 12.6. The zero-order valence-electron chi connectivity index (χ0n) is 11.7. The number of hydrogen-bond acceptors (Lipinski definition) is 5. The normalized spacial score (nSPS) is 12.0. The van der Waals surface area contributed by atoms with Crippen LogP contribution >= 0.6 is 0 Å². The van der Waals surface area contributed by atoms with Gasteiger partial charge in [-0.1, -0.05) is 0 Å². The lowest BCUT2D eigenvalue weighted by Crippen LogP contribution is -2.14. The summed E-state index contributed by atoms with van der Waals surface area (Å²) in [7, 11) is -3.47. The number of hydrogen-bond donors (Lipinski definition) is 1. The molecule has 7 heteroatoms. The van der Waals surface area contributed by atoms with Gasteiger partial charge in [0.2, 0.25) is 0 Å². The van der Waals surface area contributed by atoms with E-state index in [-0.39, 0.29) is 16.7 Å². The molecule has 0 aliphatic heterocycles. The Bertz CT molecular complexity index is 720. The maximum Gasteiger partial charge on any atom is 0.185 e. The van der Waals surface area contributed by atoms with Crippen LogP contribution in [-0.2, 0) is 15.6 Å². The van der Waals surface area contributed by atoms with E-state index in [4.69, 9.17) is 5.73 Å². The largest absolute Gasteiger partial charge is 0.399 e. The molecule has 1 heterocycles. The highest BCUT2D eigenvalue weighted by Gasteiger charge is 2.21. The monoisotopic (exact) mass is 294 g/mol. The molecule has 6 nitrogen and oxygen atoms in total. The average Bonchev–Trinajstić information content (AvgIpc) is 2.75. The lowest BCUT2D eigenvalue weighted by molar-refractivity contribution is 0.510. The molecule has 0 amide bonds. The summed E-state index contributed by atoms with van der Waals surface area (Å²) in [4.78, 5) is 4.33. The molecule has 108 valence electrons. The summed E-state index contributed by atoms with van der Waals surface area (Å²) >= 11 is 0. The maximum atomic E-state index is 12.5. The van der Waals surface area contributed by atoms with Crippen LogP contribution in [0.1, 0.15) is 31.3 Å². The molecule has 0 atom stereocenters. The fraction of sp³-hybridized carbons (Fsp3) is 0.385. The van der Waals surface area contributed by atoms with Gasteiger partial charge < -0.3 is 5.73 Å². The molecule has 0 aliphatic carbocycles. The van der Waals surface area contributed by atoms with Gasteiger partial charge in [-0.15, -0.1) is 0 Å². The SMILES string of the molecule is Cc1cc(N)ccc1S(=O)(=O)Cc1ncnn1C(C)C. The molecule has 20 heavy (non-hydrogen) atoms. The van der Waals surface area contributed by atoms with Crippen LogP contribution in [0.25, 0.3) is 0 Å². The smallest absolute Gasteiger partial charge is 0.185 e. The predicted molar refractivity (Wildman–Crippen MR) is 76.9 cm³/mol. The minimum Gasteiger partial charge on any atom is -0.399 e. The van der Waals surface area contributed by atoms with Crippen LogP contribution < -0.4 is 5.73 Å². The number of nitrogen functional groups attached to an aromatic ring is 1. The van der Waals surface area contributed by atoms with Gasteiger partial charge in [-0.3, -0.25) is 0 Å². The molecule has 2 rings (SSSR count). The van der Waals surface area contributed by atoms with Crippen molar-refractivity contribution in [3.05, 3.63) is 35.9 Å². The van der Waals surface area contributed by atoms with Gasteiger partial charge in [0.1, 0.15) is 17.9 Å². The summed E-state index contributed by atoms with van der Waals surface area (Å²) in [6.07, 6.45) is 1.38. The molecule has 0 fully saturated rings. The summed E-state index contributed by atoms with van der Waals surface area (Å²) in [6.45, 7) is 5.59. The van der Waals surface area contributed by atoms with E-state index in [0.29, 0.717) is 17.1 Å². The fourth-order valence-corrected chi connectivity index (χ4v) is 3.61. The van der Waals surface area contributed by atoms with Crippen molar-refractivity contribution in [1.29, 1.82) is 0 Å². The topological polar surface area (TPSA) is 90.9 Å². The summed E-state index contributed by atoms with van der Waals surface area (Å²) in [5, 5.41) is 4.05. The number of aromatic nitrogens is 3. The molecule has 0 bridgehead atoms. The van der Waals surface area contributed by atoms with E-state index < -0.39 is 9.84 Å². The van der Waals surface area contributed by atoms with Crippen molar-refractivity contribution in [3.63, 3.8) is 0 Å². The molecule has 0 saturated carbocycles. The van der Waals surface area contributed by atoms with Crippen molar-refractivity contribution in [2.45, 2.75) is 37.5 Å². The molecule has 0 spiro atoms. The fourth-order valence-electron chi connectivity index (χ4n) is 2.08. The van der Waals surface area contributed by atoms with Crippen LogP contribution in [0.4, 0.5) is 5.69 Å². The third-order valence-corrected chi connectivity index (χ3v) is 4.76. The van der Waals surface area contributed by atoms with Gasteiger partial charge in [-0.2, -0.15) is 5.10 Å². The molecule has 0 saturated heterocycles. The summed E-state index contributed by atoms with van der Waals surface area (Å²) in [5.41, 5.74) is 6.84. The lowest BCUT2D eigenvalue weighted by atomic mass is 10.2. The minimum absolute atomic E-state index is 0.0650. The Morgan fingerprint density at radius 2 is 2.05 bits per heavy atom. The highest BCUT2D eigenvalue weighted by Crippen LogP contribution is 2.22. The standard InChI is InChI=1S/C13H18N4O2S/c1-9(2)17-13(15-8-16-17)7-20(18,19)12-5-4-11(14)6-10(12)3/h4-6,8-9H,7,14H2,1-3H3. The van der Waals surface area contributed by atoms with Crippen LogP contribution in [0.5, 0.6) is 0 Å². The van der Waals surface area contributed by atoms with E-state index >= 15 is 0 Å². The molecule has 0 aliphatic rings. The van der Waals surface area contributed by atoms with Gasteiger partial charge in [0.05, 0.1) is 4.90 Å². The van der Waals surface area contributed by atoms with Crippen molar-refractivity contribution in [2.75, 3.05) is 5.73 Å². The van der Waals surface area contributed by atoms with E-state index in [0.717, 1.165) is 0 Å². The van der Waals surface area contributed by atoms with Crippen LogP contribution in [-0.4, -0.2) is 23.2 Å². The third-order valence-electron chi connectivity index (χ3n) is 2.99. The van der Waals surface area contributed by atoms with Gasteiger partial charge in [0.15, 0.2) is 9.84 Å². The molecular formula is C13H18N4O2S. The van der Waals surface area contributed by atoms with Crippen LogP contribution in [0, 0.1) is 6.92 Å². The predicted octanol–water partition coefficient (Wildman–Crippen LogP) is 1.72. The Hall–Kier alpha value is -1.89. The number of rotatable bonds is 4. The maximum absolute atomic E-state index is 12.5. The molecular weight excluding hydrogens is 276 g/mol. The number of sulfone groups is 1. The second-order valence-electron chi connectivity index (χ2n) is 5.00. The molecule has 2 N–H and O–H groups in total. The Kier molecular flexibility index (Phi) is 3.80. The lowest BCUT2D eigenvalue weighted by Gasteiger charge is -2.11. The number of nitrogens with zero attached hydrogens (tertiary/aromatic N) is 3. The third kappa shape index (κ3) is 2.82. The highest BCUT2D eigenvalue weighted by molar-refractivity contribution is 7.90. The van der Waals surface area contributed by atoms with Gasteiger partial charge in [-0.25, -0.2) is 18.1 Å². The average molecular weight is 294 g/mol. The first-order chi connectivity index (χ1) is 9.31. The van der Waals surface area contributed by atoms with Gasteiger partial charge in [0, 0.05) is 11.7 Å². The van der Waals surface area contributed by atoms with Crippen molar-refractivity contribution in [3.8, 4) is 0 Å². The zero-order chi connectivity index (χ0) is 14.9. The van der Waals surface area contributed by atoms with Crippen LogP contribution in [0.3, 0.4) is 0 Å². The number of anilines is 1. The molecule has 1 aromatic carbocycles. The van der Waals surface area contributed by atoms with E-state index in [1.165, 1.54) is 12.4 Å². The van der Waals surface area contributed by atoms with E-state index in [9.17, 15) is 8.42 Å².